The molecule has 2 N–H and O–H groups in total. The van der Waals surface area contributed by atoms with E-state index in [0.29, 0.717) is 17.1 Å². The second-order valence-electron chi connectivity index (χ2n) is 7.49. The Kier molecular flexibility index (Phi) is 7.85. The number of anilines is 4. The Balaban J connectivity index is 1.47. The molecular formula is C24H14Cl4N10. The fraction of sp³-hybridized carbons (Fsp3) is 0. The molecule has 38 heavy (non-hydrogen) atoms. The maximum Gasteiger partial charge on any atom is 0.232 e. The van der Waals surface area contributed by atoms with Crippen molar-refractivity contribution in [3.63, 3.8) is 0 Å². The molecule has 0 fully saturated rings. The zero-order valence-electron chi connectivity index (χ0n) is 19.0. The summed E-state index contributed by atoms with van der Waals surface area (Å²) < 4.78 is 0. The number of aromatic nitrogens is 6. The molecular weight excluding hydrogens is 570 g/mol. The first kappa shape index (κ1) is 25.7. The van der Waals surface area contributed by atoms with Gasteiger partial charge in [0.25, 0.3) is 0 Å². The number of azo groups is 1. The molecule has 0 unspecified atom stereocenters. The van der Waals surface area contributed by atoms with Crippen LogP contribution in [0, 0.1) is 0 Å². The normalized spacial score (nSPS) is 11.1. The molecule has 0 aliphatic rings. The highest BCUT2D eigenvalue weighted by atomic mass is 35.5. The van der Waals surface area contributed by atoms with E-state index in [2.05, 4.69) is 50.8 Å². The Hall–Kier alpha value is -3.96. The van der Waals surface area contributed by atoms with Gasteiger partial charge in [-0.25, -0.2) is 0 Å². The molecule has 188 valence electrons. The number of rotatable bonds is 7. The molecule has 3 aromatic carbocycles. The summed E-state index contributed by atoms with van der Waals surface area (Å²) in [5, 5.41) is 14.9. The average Bonchev–Trinajstić information content (AvgIpc) is 2.88. The van der Waals surface area contributed by atoms with E-state index in [9.17, 15) is 0 Å². The van der Waals surface area contributed by atoms with Crippen LogP contribution in [-0.2, 0) is 0 Å². The van der Waals surface area contributed by atoms with Crippen LogP contribution in [0.15, 0.2) is 83.0 Å². The molecule has 14 heteroatoms. The Morgan fingerprint density at radius 3 is 1.63 bits per heavy atom. The average molecular weight is 584 g/mol. The molecule has 0 bridgehead atoms. The van der Waals surface area contributed by atoms with Gasteiger partial charge >= 0.3 is 0 Å². The zero-order chi connectivity index (χ0) is 26.5. The van der Waals surface area contributed by atoms with Gasteiger partial charge in [-0.05, 0) is 94.4 Å². The van der Waals surface area contributed by atoms with Crippen molar-refractivity contribution in [3.8, 4) is 11.1 Å². The van der Waals surface area contributed by atoms with E-state index in [-0.39, 0.29) is 33.0 Å². The van der Waals surface area contributed by atoms with Gasteiger partial charge in [0.05, 0.1) is 11.4 Å². The van der Waals surface area contributed by atoms with Crippen molar-refractivity contribution in [2.24, 2.45) is 10.2 Å². The van der Waals surface area contributed by atoms with Crippen molar-refractivity contribution < 1.29 is 0 Å². The third kappa shape index (κ3) is 6.67. The van der Waals surface area contributed by atoms with Gasteiger partial charge in [-0.3, -0.25) is 0 Å². The summed E-state index contributed by atoms with van der Waals surface area (Å²) in [7, 11) is 0. The predicted octanol–water partition coefficient (Wildman–Crippen LogP) is 8.24. The lowest BCUT2D eigenvalue weighted by Gasteiger charge is -2.11. The van der Waals surface area contributed by atoms with E-state index in [1.54, 1.807) is 0 Å². The van der Waals surface area contributed by atoms with Crippen molar-refractivity contribution in [3.05, 3.63) is 93.9 Å². The zero-order valence-corrected chi connectivity index (χ0v) is 22.0. The number of nitrogens with one attached hydrogen (secondary N) is 2. The van der Waals surface area contributed by atoms with Gasteiger partial charge < -0.3 is 10.6 Å². The smallest absolute Gasteiger partial charge is 0.232 e. The number of hydrogen-bond donors (Lipinski definition) is 2. The van der Waals surface area contributed by atoms with Gasteiger partial charge in [-0.15, -0.1) is 5.11 Å². The van der Waals surface area contributed by atoms with Crippen LogP contribution in [0.2, 0.25) is 21.1 Å². The minimum absolute atomic E-state index is 0.0115. The van der Waals surface area contributed by atoms with Gasteiger partial charge in [-0.2, -0.15) is 35.0 Å². The molecule has 0 saturated carbocycles. The molecule has 0 spiro atoms. The highest BCUT2D eigenvalue weighted by molar-refractivity contribution is 6.31. The maximum atomic E-state index is 5.91. The summed E-state index contributed by atoms with van der Waals surface area (Å²) in [6, 6.07) is 22.5. The number of hydrogen-bond acceptors (Lipinski definition) is 10. The lowest BCUT2D eigenvalue weighted by atomic mass is 10.0. The molecule has 10 nitrogen and oxygen atoms in total. The molecule has 0 amide bonds. The number of halogens is 4. The molecule has 2 heterocycles. The second kappa shape index (κ2) is 11.6. The van der Waals surface area contributed by atoms with E-state index in [4.69, 9.17) is 46.4 Å². The summed E-state index contributed by atoms with van der Waals surface area (Å²) >= 11 is 23.6. The molecule has 0 saturated heterocycles. The van der Waals surface area contributed by atoms with Crippen LogP contribution in [0.25, 0.3) is 11.1 Å². The quantitative estimate of drug-likeness (QED) is 0.183. The van der Waals surface area contributed by atoms with E-state index >= 15 is 0 Å². The molecule has 0 aliphatic carbocycles. The van der Waals surface area contributed by atoms with Gasteiger partial charge in [0.2, 0.25) is 33.0 Å². The molecule has 0 atom stereocenters. The van der Waals surface area contributed by atoms with Crippen molar-refractivity contribution in [1.82, 2.24) is 29.9 Å². The van der Waals surface area contributed by atoms with E-state index in [1.165, 1.54) is 0 Å². The van der Waals surface area contributed by atoms with Crippen molar-refractivity contribution in [1.29, 1.82) is 0 Å². The van der Waals surface area contributed by atoms with Gasteiger partial charge in [0.15, 0.2) is 0 Å². The first-order valence-electron chi connectivity index (χ1n) is 10.8. The minimum atomic E-state index is -0.0233. The summed E-state index contributed by atoms with van der Waals surface area (Å²) in [5.41, 5.74) is 4.41. The second-order valence-corrected chi connectivity index (χ2v) is 8.84. The van der Waals surface area contributed by atoms with Crippen molar-refractivity contribution >= 4 is 81.0 Å². The summed E-state index contributed by atoms with van der Waals surface area (Å²) in [6.45, 7) is 0. The summed E-state index contributed by atoms with van der Waals surface area (Å²) in [4.78, 5) is 23.7. The molecule has 2 aromatic heterocycles. The van der Waals surface area contributed by atoms with E-state index in [1.807, 2.05) is 72.8 Å². The monoisotopic (exact) mass is 582 g/mol. The molecule has 5 rings (SSSR count). The van der Waals surface area contributed by atoms with Crippen LogP contribution >= 0.6 is 46.4 Å². The Morgan fingerprint density at radius 2 is 1.05 bits per heavy atom. The van der Waals surface area contributed by atoms with E-state index < -0.39 is 0 Å². The van der Waals surface area contributed by atoms with Crippen LogP contribution in [-0.4, -0.2) is 29.9 Å². The summed E-state index contributed by atoms with van der Waals surface area (Å²) in [5.74, 6) is 0.426. The van der Waals surface area contributed by atoms with Crippen LogP contribution in [0.4, 0.5) is 34.6 Å². The Bertz CT molecular complexity index is 1570. The lowest BCUT2D eigenvalue weighted by molar-refractivity contribution is 1.05. The van der Waals surface area contributed by atoms with E-state index in [0.717, 1.165) is 16.8 Å². The maximum absolute atomic E-state index is 5.91. The van der Waals surface area contributed by atoms with Crippen LogP contribution < -0.4 is 10.6 Å². The predicted molar refractivity (Wildman–Crippen MR) is 149 cm³/mol. The lowest BCUT2D eigenvalue weighted by Crippen LogP contribution is -2.00. The van der Waals surface area contributed by atoms with Gasteiger partial charge in [0, 0.05) is 16.9 Å². The topological polar surface area (TPSA) is 126 Å². The van der Waals surface area contributed by atoms with Gasteiger partial charge in [0.1, 0.15) is 0 Å². The third-order valence-corrected chi connectivity index (χ3v) is 5.57. The van der Waals surface area contributed by atoms with Crippen LogP contribution in [0.1, 0.15) is 0 Å². The minimum Gasteiger partial charge on any atom is -0.324 e. The standard InChI is InChI=1S/C24H14Cl4N10/c25-19-31-20(26)34-23(33-19)29-14-8-6-13(7-9-14)17-12-16(30-24-35-21(27)32-22(28)36-24)10-11-18(17)38-37-15-4-2-1-3-5-15/h1-12H,(H,29,31,33,34)(H,30,32,35,36). The Morgan fingerprint density at radius 1 is 0.526 bits per heavy atom. The Labute approximate surface area is 236 Å². The van der Waals surface area contributed by atoms with Crippen LogP contribution in [0.5, 0.6) is 0 Å². The number of benzene rings is 3. The van der Waals surface area contributed by atoms with Crippen molar-refractivity contribution in [2.45, 2.75) is 0 Å². The molecule has 0 radical (unpaired) electrons. The molecule has 5 aromatic rings. The first-order valence-corrected chi connectivity index (χ1v) is 12.3. The van der Waals surface area contributed by atoms with Gasteiger partial charge in [-0.1, -0.05) is 30.3 Å². The summed E-state index contributed by atoms with van der Waals surface area (Å²) in [6.07, 6.45) is 0. The SMILES string of the molecule is Clc1nc(Cl)nc(Nc2ccc(-c3cc(Nc4nc(Cl)nc(Cl)n4)ccc3N=Nc3ccccc3)cc2)n1. The largest absolute Gasteiger partial charge is 0.324 e. The van der Waals surface area contributed by atoms with Crippen LogP contribution in [0.3, 0.4) is 0 Å². The first-order chi connectivity index (χ1) is 18.4. The highest BCUT2D eigenvalue weighted by Gasteiger charge is 2.11. The fourth-order valence-electron chi connectivity index (χ4n) is 3.29. The fourth-order valence-corrected chi connectivity index (χ4v) is 4.02. The highest BCUT2D eigenvalue weighted by Crippen LogP contribution is 2.35. The number of nitrogens with zero attached hydrogens (tertiary/aromatic N) is 8. The van der Waals surface area contributed by atoms with Crippen molar-refractivity contribution in [2.75, 3.05) is 10.6 Å². The third-order valence-electron chi connectivity index (χ3n) is 4.90. The molecule has 0 aliphatic heterocycles.